The minimum absolute atomic E-state index is 0. The molecule has 1 aliphatic rings. The van der Waals surface area contributed by atoms with E-state index in [1.165, 1.54) is 0 Å². The molecule has 0 aromatic heterocycles. The number of carboxylic acid groups (broad SMARTS) is 1. The number of carboxylic acids is 1. The van der Waals surface area contributed by atoms with Gasteiger partial charge in [0.2, 0.25) is 0 Å². The van der Waals surface area contributed by atoms with Crippen LogP contribution in [0.15, 0.2) is 0 Å². The number of rotatable bonds is 1. The fourth-order valence-corrected chi connectivity index (χ4v) is 0.895. The van der Waals surface area contributed by atoms with Gasteiger partial charge in [-0.2, -0.15) is 0 Å². The molecule has 0 aromatic rings. The number of hydrogen-bond acceptors (Lipinski definition) is 2. The van der Waals surface area contributed by atoms with Gasteiger partial charge in [0.25, 0.3) is 0 Å². The van der Waals surface area contributed by atoms with E-state index in [1.54, 1.807) is 0 Å². The molecule has 1 saturated heterocycles. The zero-order valence-electron chi connectivity index (χ0n) is 4.96. The lowest BCUT2D eigenvalue weighted by molar-refractivity contribution is -0.139. The highest BCUT2D eigenvalue weighted by atomic mass is 35.5. The van der Waals surface area contributed by atoms with E-state index in [4.69, 9.17) is 5.11 Å². The molecule has 0 bridgehead atoms. The molecular formula is C5H10ClNO2. The molecule has 9 heavy (non-hydrogen) atoms. The van der Waals surface area contributed by atoms with Gasteiger partial charge in [-0.15, -0.1) is 12.4 Å². The third-order valence-corrected chi connectivity index (χ3v) is 1.36. The molecule has 0 radical (unpaired) electrons. The highest BCUT2D eigenvalue weighted by molar-refractivity contribution is 5.85. The largest absolute Gasteiger partial charge is 0.480 e. The van der Waals surface area contributed by atoms with E-state index in [1.807, 2.05) is 0 Å². The average molecular weight is 152 g/mol. The van der Waals surface area contributed by atoms with Crippen LogP contribution in [-0.2, 0) is 4.79 Å². The van der Waals surface area contributed by atoms with Gasteiger partial charge >= 0.3 is 5.97 Å². The maximum Gasteiger partial charge on any atom is 0.320 e. The predicted molar refractivity (Wildman–Crippen MR) is 35.9 cm³/mol. The summed E-state index contributed by atoms with van der Waals surface area (Å²) in [7, 11) is 0. The van der Waals surface area contributed by atoms with Crippen LogP contribution < -0.4 is 5.32 Å². The van der Waals surface area contributed by atoms with Crippen molar-refractivity contribution in [1.29, 1.82) is 0 Å². The summed E-state index contributed by atoms with van der Waals surface area (Å²) in [5.74, 6) is -0.720. The summed E-state index contributed by atoms with van der Waals surface area (Å²) >= 11 is 0. The van der Waals surface area contributed by atoms with Crippen molar-refractivity contribution in [2.75, 3.05) is 6.54 Å². The molecule has 1 heterocycles. The fraction of sp³-hybridized carbons (Fsp3) is 0.800. The lowest BCUT2D eigenvalue weighted by atomic mass is 10.2. The molecular weight excluding hydrogens is 142 g/mol. The van der Waals surface area contributed by atoms with E-state index in [9.17, 15) is 4.79 Å². The lowest BCUT2D eigenvalue weighted by Gasteiger charge is -1.99. The van der Waals surface area contributed by atoms with E-state index in [0.29, 0.717) is 0 Å². The van der Waals surface area contributed by atoms with Crippen LogP contribution in [0.25, 0.3) is 0 Å². The second-order valence-corrected chi connectivity index (χ2v) is 1.99. The Morgan fingerprint density at radius 3 is 2.56 bits per heavy atom. The van der Waals surface area contributed by atoms with Crippen LogP contribution in [0.2, 0.25) is 0 Å². The van der Waals surface area contributed by atoms with Gasteiger partial charge in [0.05, 0.1) is 0 Å². The molecule has 0 unspecified atom stereocenters. The Kier molecular flexibility index (Phi) is 3.58. The zero-order chi connectivity index (χ0) is 5.98. The van der Waals surface area contributed by atoms with Crippen molar-refractivity contribution in [2.24, 2.45) is 0 Å². The van der Waals surface area contributed by atoms with Crippen LogP contribution >= 0.6 is 12.4 Å². The second-order valence-electron chi connectivity index (χ2n) is 1.99. The van der Waals surface area contributed by atoms with Crippen molar-refractivity contribution in [2.45, 2.75) is 18.9 Å². The third kappa shape index (κ3) is 2.20. The van der Waals surface area contributed by atoms with E-state index < -0.39 is 5.97 Å². The van der Waals surface area contributed by atoms with Gasteiger partial charge < -0.3 is 10.4 Å². The molecule has 4 heteroatoms. The molecule has 1 fully saturated rings. The van der Waals surface area contributed by atoms with Gasteiger partial charge in [-0.3, -0.25) is 4.79 Å². The van der Waals surface area contributed by atoms with E-state index in [2.05, 4.69) is 5.32 Å². The number of nitrogens with one attached hydrogen (secondary N) is 1. The standard InChI is InChI=1S/C5H9NO2.ClH/c7-5(8)4-2-1-3-6-4;/h4,6H,1-3H2,(H,7,8);1H/t4-;/m0./s1. The Morgan fingerprint density at radius 2 is 2.33 bits per heavy atom. The van der Waals surface area contributed by atoms with Crippen LogP contribution in [0.5, 0.6) is 0 Å². The maximum absolute atomic E-state index is 10.1. The molecule has 2 N–H and O–H groups in total. The summed E-state index contributed by atoms with van der Waals surface area (Å²) in [6.07, 6.45) is 1.78. The SMILES string of the molecule is Cl.O=C(O)[C@@H]1CCCN1. The molecule has 0 aliphatic carbocycles. The van der Waals surface area contributed by atoms with Crippen LogP contribution in [0, 0.1) is 0 Å². The zero-order valence-corrected chi connectivity index (χ0v) is 5.78. The summed E-state index contributed by atoms with van der Waals surface area (Å²) in [6.45, 7) is 0.858. The predicted octanol–water partition coefficient (Wildman–Crippen LogP) is 0.245. The number of hydrogen-bond donors (Lipinski definition) is 2. The first-order valence-corrected chi connectivity index (χ1v) is 2.77. The van der Waals surface area contributed by atoms with E-state index in [0.717, 1.165) is 19.4 Å². The van der Waals surface area contributed by atoms with Crippen LogP contribution in [0.3, 0.4) is 0 Å². The van der Waals surface area contributed by atoms with Gasteiger partial charge in [-0.1, -0.05) is 0 Å². The molecule has 0 spiro atoms. The quantitative estimate of drug-likeness (QED) is 0.565. The van der Waals surface area contributed by atoms with Crippen molar-refractivity contribution < 1.29 is 9.90 Å². The van der Waals surface area contributed by atoms with Gasteiger partial charge in [-0.25, -0.2) is 0 Å². The van der Waals surface area contributed by atoms with Crippen molar-refractivity contribution in [3.8, 4) is 0 Å². The molecule has 54 valence electrons. The topological polar surface area (TPSA) is 49.3 Å². The minimum Gasteiger partial charge on any atom is -0.480 e. The lowest BCUT2D eigenvalue weighted by Crippen LogP contribution is -2.29. The highest BCUT2D eigenvalue weighted by Gasteiger charge is 2.20. The minimum atomic E-state index is -0.720. The molecule has 0 saturated carbocycles. The smallest absolute Gasteiger partial charge is 0.320 e. The van der Waals surface area contributed by atoms with Crippen molar-refractivity contribution in [3.63, 3.8) is 0 Å². The summed E-state index contributed by atoms with van der Waals surface area (Å²) in [5.41, 5.74) is 0. The average Bonchev–Trinajstić information content (AvgIpc) is 2.12. The summed E-state index contributed by atoms with van der Waals surface area (Å²) in [4.78, 5) is 10.1. The third-order valence-electron chi connectivity index (χ3n) is 1.36. The van der Waals surface area contributed by atoms with Gasteiger partial charge in [0.1, 0.15) is 6.04 Å². The van der Waals surface area contributed by atoms with Gasteiger partial charge in [-0.05, 0) is 19.4 Å². The van der Waals surface area contributed by atoms with Crippen molar-refractivity contribution in [3.05, 3.63) is 0 Å². The fourth-order valence-electron chi connectivity index (χ4n) is 0.895. The Balaban J connectivity index is 0.000000640. The van der Waals surface area contributed by atoms with Crippen LogP contribution in [0.4, 0.5) is 0 Å². The molecule has 1 rings (SSSR count). The normalized spacial score (nSPS) is 25.1. The van der Waals surface area contributed by atoms with E-state index >= 15 is 0 Å². The Labute approximate surface area is 59.9 Å². The first-order valence-electron chi connectivity index (χ1n) is 2.77. The first kappa shape index (κ1) is 8.72. The monoisotopic (exact) mass is 151 g/mol. The van der Waals surface area contributed by atoms with Crippen molar-refractivity contribution in [1.82, 2.24) is 5.32 Å². The Bertz CT molecular complexity index is 101. The molecule has 0 aromatic carbocycles. The summed E-state index contributed by atoms with van der Waals surface area (Å²) in [5, 5.41) is 11.2. The van der Waals surface area contributed by atoms with Crippen molar-refractivity contribution >= 4 is 18.4 Å². The Hall–Kier alpha value is -0.280. The number of carbonyl (C=O) groups is 1. The van der Waals surface area contributed by atoms with Gasteiger partial charge in [0, 0.05) is 0 Å². The van der Waals surface area contributed by atoms with Crippen LogP contribution in [0.1, 0.15) is 12.8 Å². The molecule has 0 amide bonds. The Morgan fingerprint density at radius 1 is 1.67 bits per heavy atom. The van der Waals surface area contributed by atoms with Crippen LogP contribution in [-0.4, -0.2) is 23.7 Å². The van der Waals surface area contributed by atoms with E-state index in [-0.39, 0.29) is 18.4 Å². The summed E-state index contributed by atoms with van der Waals surface area (Å²) < 4.78 is 0. The molecule has 1 atom stereocenters. The molecule has 1 aliphatic heterocycles. The number of halogens is 1. The second kappa shape index (κ2) is 3.69. The van der Waals surface area contributed by atoms with Gasteiger partial charge in [0.15, 0.2) is 0 Å². The highest BCUT2D eigenvalue weighted by Crippen LogP contribution is 2.03. The first-order chi connectivity index (χ1) is 3.80. The summed E-state index contributed by atoms with van der Waals surface area (Å²) in [6, 6.07) is -0.269. The number of aliphatic carboxylic acids is 1. The maximum atomic E-state index is 10.1. The molecule has 3 nitrogen and oxygen atoms in total.